The van der Waals surface area contributed by atoms with E-state index in [1.165, 1.54) is 10.5 Å². The minimum absolute atomic E-state index is 0.354. The summed E-state index contributed by atoms with van der Waals surface area (Å²) in [6.07, 6.45) is 0. The second-order valence-electron chi connectivity index (χ2n) is 3.96. The molecule has 19 heavy (non-hydrogen) atoms. The maximum atomic E-state index is 9.53. The fourth-order valence-corrected chi connectivity index (χ4v) is 2.49. The Labute approximate surface area is 120 Å². The van der Waals surface area contributed by atoms with Crippen LogP contribution in [0.5, 0.6) is 5.75 Å². The summed E-state index contributed by atoms with van der Waals surface area (Å²) in [5.74, 6) is 1.44. The zero-order chi connectivity index (χ0) is 14.3. The average Bonchev–Trinajstić information content (AvgIpc) is 2.45. The van der Waals surface area contributed by atoms with E-state index >= 15 is 0 Å². The summed E-state index contributed by atoms with van der Waals surface area (Å²) >= 11 is 1.84. The van der Waals surface area contributed by atoms with Crippen molar-refractivity contribution in [3.8, 4) is 16.9 Å². The number of benzene rings is 2. The molecule has 102 valence electrons. The molecule has 0 atom stereocenters. The predicted molar refractivity (Wildman–Crippen MR) is 86.0 cm³/mol. The summed E-state index contributed by atoms with van der Waals surface area (Å²) in [7, 11) is 0. The van der Waals surface area contributed by atoms with Gasteiger partial charge in [-0.05, 0) is 53.6 Å². The summed E-state index contributed by atoms with van der Waals surface area (Å²) in [5, 5.41) is 9.53. The van der Waals surface area contributed by atoms with Crippen LogP contribution in [0.1, 0.15) is 26.3 Å². The van der Waals surface area contributed by atoms with E-state index in [-0.39, 0.29) is 0 Å². The van der Waals surface area contributed by atoms with Crippen LogP contribution in [-0.2, 0) is 0 Å². The van der Waals surface area contributed by atoms with Crippen LogP contribution in [0.2, 0.25) is 0 Å². The number of thioether (sulfide) groups is 1. The van der Waals surface area contributed by atoms with E-state index in [0.29, 0.717) is 5.75 Å². The van der Waals surface area contributed by atoms with Gasteiger partial charge in [-0.3, -0.25) is 0 Å². The molecular formula is C17H22OS. The van der Waals surface area contributed by atoms with Gasteiger partial charge >= 0.3 is 0 Å². The molecule has 0 aliphatic heterocycles. The number of rotatable bonds is 3. The number of hydrogen-bond acceptors (Lipinski definition) is 2. The molecule has 0 spiro atoms. The van der Waals surface area contributed by atoms with Gasteiger partial charge in [0.1, 0.15) is 5.75 Å². The first-order chi connectivity index (χ1) is 9.20. The standard InChI is InChI=1S/C15H16OS.C2H6/c1-3-17-14-6-4-5-12(10-14)13-7-8-15(16)11(2)9-13;1-2/h4-10,16H,3H2,1-2H3;1-2H3. The van der Waals surface area contributed by atoms with Crippen molar-refractivity contribution in [3.63, 3.8) is 0 Å². The molecule has 1 nitrogen and oxygen atoms in total. The van der Waals surface area contributed by atoms with Crippen molar-refractivity contribution >= 4 is 11.8 Å². The molecule has 1 N–H and O–H groups in total. The largest absolute Gasteiger partial charge is 0.508 e. The van der Waals surface area contributed by atoms with Crippen molar-refractivity contribution < 1.29 is 5.11 Å². The second-order valence-corrected chi connectivity index (χ2v) is 5.30. The van der Waals surface area contributed by atoms with Crippen LogP contribution in [-0.4, -0.2) is 10.9 Å². The summed E-state index contributed by atoms with van der Waals surface area (Å²) in [6.45, 7) is 8.07. The van der Waals surface area contributed by atoms with E-state index in [9.17, 15) is 5.11 Å². The number of aryl methyl sites for hydroxylation is 1. The first-order valence-electron chi connectivity index (χ1n) is 6.73. The van der Waals surface area contributed by atoms with Gasteiger partial charge < -0.3 is 5.11 Å². The van der Waals surface area contributed by atoms with E-state index in [0.717, 1.165) is 16.9 Å². The Morgan fingerprint density at radius 3 is 2.32 bits per heavy atom. The molecule has 0 fully saturated rings. The van der Waals surface area contributed by atoms with Gasteiger partial charge in [-0.2, -0.15) is 0 Å². The normalized spacial score (nSPS) is 9.68. The Balaban J connectivity index is 0.000000861. The van der Waals surface area contributed by atoms with Crippen molar-refractivity contribution in [2.45, 2.75) is 32.6 Å². The highest BCUT2D eigenvalue weighted by molar-refractivity contribution is 7.99. The van der Waals surface area contributed by atoms with Crippen LogP contribution >= 0.6 is 11.8 Å². The van der Waals surface area contributed by atoms with Gasteiger partial charge in [-0.25, -0.2) is 0 Å². The van der Waals surface area contributed by atoms with E-state index in [4.69, 9.17) is 0 Å². The van der Waals surface area contributed by atoms with E-state index < -0.39 is 0 Å². The maximum absolute atomic E-state index is 9.53. The van der Waals surface area contributed by atoms with Crippen LogP contribution < -0.4 is 0 Å². The average molecular weight is 274 g/mol. The van der Waals surface area contributed by atoms with E-state index in [1.807, 2.05) is 44.7 Å². The molecule has 2 aromatic carbocycles. The lowest BCUT2D eigenvalue weighted by Gasteiger charge is -2.06. The molecule has 0 heterocycles. The number of aromatic hydroxyl groups is 1. The lowest BCUT2D eigenvalue weighted by atomic mass is 10.0. The summed E-state index contributed by atoms with van der Waals surface area (Å²) in [5.41, 5.74) is 3.27. The minimum atomic E-state index is 0.354. The molecule has 2 heteroatoms. The third-order valence-electron chi connectivity index (χ3n) is 2.68. The number of phenolic OH excluding ortho intramolecular Hbond substituents is 1. The van der Waals surface area contributed by atoms with Gasteiger partial charge in [0.25, 0.3) is 0 Å². The summed E-state index contributed by atoms with van der Waals surface area (Å²) in [6, 6.07) is 14.2. The Morgan fingerprint density at radius 1 is 1.00 bits per heavy atom. The highest BCUT2D eigenvalue weighted by atomic mass is 32.2. The summed E-state index contributed by atoms with van der Waals surface area (Å²) < 4.78 is 0. The monoisotopic (exact) mass is 274 g/mol. The highest BCUT2D eigenvalue weighted by Crippen LogP contribution is 2.28. The van der Waals surface area contributed by atoms with Crippen molar-refractivity contribution in [2.75, 3.05) is 5.75 Å². The molecule has 0 aromatic heterocycles. The van der Waals surface area contributed by atoms with E-state index in [1.54, 1.807) is 6.07 Å². The second kappa shape index (κ2) is 7.90. The third kappa shape index (κ3) is 4.32. The highest BCUT2D eigenvalue weighted by Gasteiger charge is 2.02. The van der Waals surface area contributed by atoms with Crippen LogP contribution in [0.4, 0.5) is 0 Å². The van der Waals surface area contributed by atoms with E-state index in [2.05, 4.69) is 31.2 Å². The molecule has 0 aliphatic carbocycles. The molecular weight excluding hydrogens is 252 g/mol. The van der Waals surface area contributed by atoms with Gasteiger partial charge in [0.15, 0.2) is 0 Å². The smallest absolute Gasteiger partial charge is 0.118 e. The van der Waals surface area contributed by atoms with Gasteiger partial charge in [0, 0.05) is 4.90 Å². The maximum Gasteiger partial charge on any atom is 0.118 e. The molecule has 0 bridgehead atoms. The van der Waals surface area contributed by atoms with Gasteiger partial charge in [-0.1, -0.05) is 39.0 Å². The molecule has 0 aliphatic rings. The van der Waals surface area contributed by atoms with Crippen molar-refractivity contribution in [1.82, 2.24) is 0 Å². The first kappa shape index (κ1) is 15.6. The minimum Gasteiger partial charge on any atom is -0.508 e. The topological polar surface area (TPSA) is 20.2 Å². The van der Waals surface area contributed by atoms with Crippen LogP contribution in [0.3, 0.4) is 0 Å². The first-order valence-corrected chi connectivity index (χ1v) is 7.72. The SMILES string of the molecule is CC.CCSc1cccc(-c2ccc(O)c(C)c2)c1. The van der Waals surface area contributed by atoms with Gasteiger partial charge in [-0.15, -0.1) is 11.8 Å². The van der Waals surface area contributed by atoms with Gasteiger partial charge in [0.05, 0.1) is 0 Å². The zero-order valence-corrected chi connectivity index (χ0v) is 12.9. The summed E-state index contributed by atoms with van der Waals surface area (Å²) in [4.78, 5) is 1.29. The lowest BCUT2D eigenvalue weighted by molar-refractivity contribution is 0.471. The Morgan fingerprint density at radius 2 is 1.68 bits per heavy atom. The molecule has 0 saturated carbocycles. The van der Waals surface area contributed by atoms with Crippen LogP contribution in [0.15, 0.2) is 47.4 Å². The Hall–Kier alpha value is -1.41. The van der Waals surface area contributed by atoms with Crippen molar-refractivity contribution in [3.05, 3.63) is 48.0 Å². The predicted octanol–water partition coefficient (Wildman–Crippen LogP) is 5.51. The third-order valence-corrected chi connectivity index (χ3v) is 3.55. The van der Waals surface area contributed by atoms with Gasteiger partial charge in [0.2, 0.25) is 0 Å². The fourth-order valence-electron chi connectivity index (χ4n) is 1.77. The number of phenols is 1. The molecule has 0 saturated heterocycles. The van der Waals surface area contributed by atoms with Crippen LogP contribution in [0, 0.1) is 6.92 Å². The molecule has 0 radical (unpaired) electrons. The molecule has 0 unspecified atom stereocenters. The Kier molecular flexibility index (Phi) is 6.51. The quantitative estimate of drug-likeness (QED) is 0.745. The van der Waals surface area contributed by atoms with Crippen molar-refractivity contribution in [1.29, 1.82) is 0 Å². The zero-order valence-electron chi connectivity index (χ0n) is 12.1. The number of hydrogen-bond donors (Lipinski definition) is 1. The molecule has 2 rings (SSSR count). The van der Waals surface area contributed by atoms with Crippen molar-refractivity contribution in [2.24, 2.45) is 0 Å². The Bertz CT molecular complexity index is 520. The molecule has 2 aromatic rings. The lowest BCUT2D eigenvalue weighted by Crippen LogP contribution is -1.81. The molecule has 0 amide bonds. The fraction of sp³-hybridized carbons (Fsp3) is 0.294. The van der Waals surface area contributed by atoms with Crippen LogP contribution in [0.25, 0.3) is 11.1 Å².